The van der Waals surface area contributed by atoms with Gasteiger partial charge in [-0.1, -0.05) is 74.5 Å². The highest BCUT2D eigenvalue weighted by atomic mass is 16.5. The topological polar surface area (TPSA) is 29.5 Å². The fourth-order valence-corrected chi connectivity index (χ4v) is 2.56. The molecule has 0 saturated heterocycles. The van der Waals surface area contributed by atoms with E-state index < -0.39 is 0 Å². The van der Waals surface area contributed by atoms with Gasteiger partial charge in [-0.3, -0.25) is 9.69 Å². The molecule has 0 aromatic heterocycles. The quantitative estimate of drug-likeness (QED) is 0.693. The molecule has 1 atom stereocenters. The molecule has 0 aliphatic carbocycles. The standard InChI is InChI=1S/C20H25NO2/c1-3-21(4-2)16-19(18-13-9-6-10-14-18)23-20(22)15-17-11-7-5-8-12-17/h5-14,19H,3-4,15-16H2,1-2H3. The first-order valence-corrected chi connectivity index (χ1v) is 8.23. The summed E-state index contributed by atoms with van der Waals surface area (Å²) in [6.07, 6.45) is 0.0786. The molecule has 0 aliphatic rings. The fourth-order valence-electron chi connectivity index (χ4n) is 2.56. The largest absolute Gasteiger partial charge is 0.456 e. The molecule has 23 heavy (non-hydrogen) atoms. The number of nitrogens with zero attached hydrogens (tertiary/aromatic N) is 1. The molecule has 2 aromatic rings. The van der Waals surface area contributed by atoms with Crippen LogP contribution in [0.25, 0.3) is 0 Å². The van der Waals surface area contributed by atoms with Gasteiger partial charge in [0.2, 0.25) is 0 Å². The van der Waals surface area contributed by atoms with Crippen LogP contribution >= 0.6 is 0 Å². The minimum absolute atomic E-state index is 0.183. The van der Waals surface area contributed by atoms with Crippen LogP contribution in [0.1, 0.15) is 31.1 Å². The second-order valence-electron chi connectivity index (χ2n) is 5.54. The first-order chi connectivity index (χ1) is 11.2. The predicted molar refractivity (Wildman–Crippen MR) is 93.2 cm³/mol. The lowest BCUT2D eigenvalue weighted by Gasteiger charge is -2.25. The van der Waals surface area contributed by atoms with Gasteiger partial charge in [0.15, 0.2) is 0 Å². The molecule has 0 fully saturated rings. The molecular formula is C20H25NO2. The maximum atomic E-state index is 12.3. The van der Waals surface area contributed by atoms with E-state index in [9.17, 15) is 4.79 Å². The van der Waals surface area contributed by atoms with Crippen LogP contribution in [0.3, 0.4) is 0 Å². The Balaban J connectivity index is 2.06. The van der Waals surface area contributed by atoms with Crippen LogP contribution in [0, 0.1) is 0 Å². The van der Waals surface area contributed by atoms with E-state index >= 15 is 0 Å². The van der Waals surface area contributed by atoms with Crippen LogP contribution in [0.15, 0.2) is 60.7 Å². The Labute approximate surface area is 138 Å². The van der Waals surface area contributed by atoms with Gasteiger partial charge >= 0.3 is 5.97 Å². The summed E-state index contributed by atoms with van der Waals surface area (Å²) in [6.45, 7) is 6.85. The zero-order valence-electron chi connectivity index (χ0n) is 13.9. The summed E-state index contributed by atoms with van der Waals surface area (Å²) in [5, 5.41) is 0. The van der Waals surface area contributed by atoms with Crippen molar-refractivity contribution in [3.63, 3.8) is 0 Å². The molecule has 0 N–H and O–H groups in total. The van der Waals surface area contributed by atoms with Crippen LogP contribution < -0.4 is 0 Å². The Hall–Kier alpha value is -2.13. The highest BCUT2D eigenvalue weighted by Gasteiger charge is 2.19. The van der Waals surface area contributed by atoms with E-state index in [0.717, 1.165) is 30.8 Å². The van der Waals surface area contributed by atoms with Gasteiger partial charge in [0.25, 0.3) is 0 Å². The number of hydrogen-bond acceptors (Lipinski definition) is 3. The van der Waals surface area contributed by atoms with Crippen LogP contribution in [0.2, 0.25) is 0 Å². The maximum absolute atomic E-state index is 12.3. The predicted octanol–water partition coefficient (Wildman–Crippen LogP) is 3.86. The summed E-state index contributed by atoms with van der Waals surface area (Å²) in [4.78, 5) is 14.6. The minimum atomic E-state index is -0.229. The van der Waals surface area contributed by atoms with Gasteiger partial charge in [-0.25, -0.2) is 0 Å². The number of benzene rings is 2. The van der Waals surface area contributed by atoms with Gasteiger partial charge in [0, 0.05) is 6.54 Å². The van der Waals surface area contributed by atoms with Crippen molar-refractivity contribution in [2.24, 2.45) is 0 Å². The fraction of sp³-hybridized carbons (Fsp3) is 0.350. The van der Waals surface area contributed by atoms with E-state index in [-0.39, 0.29) is 12.1 Å². The van der Waals surface area contributed by atoms with Gasteiger partial charge in [-0.05, 0) is 24.2 Å². The normalized spacial score (nSPS) is 12.1. The second kappa shape index (κ2) is 9.11. The molecule has 2 rings (SSSR count). The van der Waals surface area contributed by atoms with Gasteiger partial charge in [-0.15, -0.1) is 0 Å². The van der Waals surface area contributed by atoms with Gasteiger partial charge in [0.05, 0.1) is 6.42 Å². The van der Waals surface area contributed by atoms with Crippen LogP contribution in [-0.4, -0.2) is 30.5 Å². The van der Waals surface area contributed by atoms with Crippen molar-refractivity contribution in [1.29, 1.82) is 0 Å². The lowest BCUT2D eigenvalue weighted by atomic mass is 10.1. The van der Waals surface area contributed by atoms with E-state index in [1.54, 1.807) is 0 Å². The van der Waals surface area contributed by atoms with E-state index in [2.05, 4.69) is 18.7 Å². The number of ether oxygens (including phenoxy) is 1. The molecule has 0 bridgehead atoms. The van der Waals surface area contributed by atoms with Crippen molar-refractivity contribution < 1.29 is 9.53 Å². The zero-order chi connectivity index (χ0) is 16.5. The smallest absolute Gasteiger partial charge is 0.310 e. The summed E-state index contributed by atoms with van der Waals surface area (Å²) in [5.41, 5.74) is 2.02. The number of rotatable bonds is 8. The highest BCUT2D eigenvalue weighted by molar-refractivity contribution is 5.72. The summed E-state index contributed by atoms with van der Waals surface area (Å²) >= 11 is 0. The molecular weight excluding hydrogens is 286 g/mol. The summed E-state index contributed by atoms with van der Waals surface area (Å²) in [5.74, 6) is -0.183. The number of esters is 1. The Morgan fingerprint density at radius 3 is 2.09 bits per heavy atom. The maximum Gasteiger partial charge on any atom is 0.310 e. The number of likely N-dealkylation sites (N-methyl/N-ethyl adjacent to an activating group) is 1. The van der Waals surface area contributed by atoms with Gasteiger partial charge in [0.1, 0.15) is 6.10 Å². The molecule has 1 unspecified atom stereocenters. The van der Waals surface area contributed by atoms with E-state index in [4.69, 9.17) is 4.74 Å². The molecule has 122 valence electrons. The lowest BCUT2D eigenvalue weighted by molar-refractivity contribution is -0.149. The Morgan fingerprint density at radius 1 is 0.957 bits per heavy atom. The Kier molecular flexibility index (Phi) is 6.82. The summed E-state index contributed by atoms with van der Waals surface area (Å²) < 4.78 is 5.79. The Morgan fingerprint density at radius 2 is 1.52 bits per heavy atom. The molecule has 0 amide bonds. The van der Waals surface area contributed by atoms with E-state index in [1.807, 2.05) is 60.7 Å². The monoisotopic (exact) mass is 311 g/mol. The molecule has 0 heterocycles. The van der Waals surface area contributed by atoms with Crippen molar-refractivity contribution in [2.75, 3.05) is 19.6 Å². The second-order valence-corrected chi connectivity index (χ2v) is 5.54. The zero-order valence-corrected chi connectivity index (χ0v) is 13.9. The van der Waals surface area contributed by atoms with Crippen molar-refractivity contribution in [2.45, 2.75) is 26.4 Å². The van der Waals surface area contributed by atoms with Crippen molar-refractivity contribution >= 4 is 5.97 Å². The molecule has 3 heteroatoms. The molecule has 0 spiro atoms. The number of carbonyl (C=O) groups excluding carboxylic acids is 1. The van der Waals surface area contributed by atoms with Crippen LogP contribution in [0.5, 0.6) is 0 Å². The summed E-state index contributed by atoms with van der Waals surface area (Å²) in [7, 11) is 0. The van der Waals surface area contributed by atoms with Gasteiger partial charge in [-0.2, -0.15) is 0 Å². The third kappa shape index (κ3) is 5.53. The molecule has 0 radical (unpaired) electrons. The Bertz CT molecular complexity index is 579. The van der Waals surface area contributed by atoms with Crippen LogP contribution in [-0.2, 0) is 16.0 Å². The number of hydrogen-bond donors (Lipinski definition) is 0. The van der Waals surface area contributed by atoms with Crippen molar-refractivity contribution in [1.82, 2.24) is 4.90 Å². The third-order valence-corrected chi connectivity index (χ3v) is 3.95. The SMILES string of the molecule is CCN(CC)CC(OC(=O)Cc1ccccc1)c1ccccc1. The molecule has 0 saturated carbocycles. The highest BCUT2D eigenvalue weighted by Crippen LogP contribution is 2.19. The third-order valence-electron chi connectivity index (χ3n) is 3.95. The first kappa shape index (κ1) is 17.2. The van der Waals surface area contributed by atoms with Crippen LogP contribution in [0.4, 0.5) is 0 Å². The minimum Gasteiger partial charge on any atom is -0.456 e. The van der Waals surface area contributed by atoms with Crippen molar-refractivity contribution in [3.8, 4) is 0 Å². The van der Waals surface area contributed by atoms with Gasteiger partial charge < -0.3 is 4.74 Å². The average Bonchev–Trinajstić information content (AvgIpc) is 2.60. The van der Waals surface area contributed by atoms with Crippen molar-refractivity contribution in [3.05, 3.63) is 71.8 Å². The molecule has 3 nitrogen and oxygen atoms in total. The lowest BCUT2D eigenvalue weighted by Crippen LogP contribution is -2.30. The average molecular weight is 311 g/mol. The van der Waals surface area contributed by atoms with E-state index in [1.165, 1.54) is 0 Å². The molecule has 0 aliphatic heterocycles. The molecule has 2 aromatic carbocycles. The number of carbonyl (C=O) groups is 1. The van der Waals surface area contributed by atoms with E-state index in [0.29, 0.717) is 6.42 Å². The summed E-state index contributed by atoms with van der Waals surface area (Å²) in [6, 6.07) is 19.7. The first-order valence-electron chi connectivity index (χ1n) is 8.23.